The quantitative estimate of drug-likeness (QED) is 0.797. The first kappa shape index (κ1) is 14.5. The number of nitrogens with zero attached hydrogens (tertiary/aromatic N) is 1. The molecule has 0 saturated heterocycles. The molecule has 0 aliphatic rings. The van der Waals surface area contributed by atoms with Gasteiger partial charge in [-0.15, -0.1) is 0 Å². The minimum atomic E-state index is -0.354. The van der Waals surface area contributed by atoms with Gasteiger partial charge in [-0.2, -0.15) is 0 Å². The predicted octanol–water partition coefficient (Wildman–Crippen LogP) is 1.58. The van der Waals surface area contributed by atoms with Crippen molar-refractivity contribution in [2.45, 2.75) is 6.92 Å². The van der Waals surface area contributed by atoms with Crippen LogP contribution in [0.4, 0.5) is 11.4 Å². The highest BCUT2D eigenvalue weighted by Gasteiger charge is 2.13. The van der Waals surface area contributed by atoms with Gasteiger partial charge in [0.1, 0.15) is 5.69 Å². The van der Waals surface area contributed by atoms with Crippen molar-refractivity contribution in [1.29, 1.82) is 0 Å². The van der Waals surface area contributed by atoms with E-state index in [1.54, 1.807) is 44.3 Å². The molecule has 0 unspecified atom stereocenters. The van der Waals surface area contributed by atoms with Crippen LogP contribution < -0.4 is 16.4 Å². The molecule has 0 aliphatic carbocycles. The molecule has 0 bridgehead atoms. The Kier molecular flexibility index (Phi) is 4.18. The van der Waals surface area contributed by atoms with E-state index >= 15 is 0 Å². The van der Waals surface area contributed by atoms with Gasteiger partial charge in [0.25, 0.3) is 11.8 Å². The van der Waals surface area contributed by atoms with Gasteiger partial charge in [0.05, 0.1) is 11.9 Å². The number of nitrogen functional groups attached to an aromatic ring is 1. The van der Waals surface area contributed by atoms with Crippen LogP contribution in [0.3, 0.4) is 0 Å². The van der Waals surface area contributed by atoms with Crippen molar-refractivity contribution in [2.24, 2.45) is 0 Å². The molecule has 1 heterocycles. The fourth-order valence-corrected chi connectivity index (χ4v) is 1.88. The first-order valence-electron chi connectivity index (χ1n) is 6.37. The van der Waals surface area contributed by atoms with Crippen molar-refractivity contribution in [3.63, 3.8) is 0 Å². The van der Waals surface area contributed by atoms with Gasteiger partial charge in [0.2, 0.25) is 0 Å². The van der Waals surface area contributed by atoms with E-state index in [9.17, 15) is 9.59 Å². The maximum atomic E-state index is 12.1. The monoisotopic (exact) mass is 284 g/mol. The third-order valence-electron chi connectivity index (χ3n) is 3.07. The summed E-state index contributed by atoms with van der Waals surface area (Å²) in [5, 5.41) is 5.31. The van der Waals surface area contributed by atoms with Crippen molar-refractivity contribution < 1.29 is 9.59 Å². The highest BCUT2D eigenvalue weighted by molar-refractivity contribution is 6.05. The number of anilines is 2. The molecule has 2 amide bonds. The van der Waals surface area contributed by atoms with Crippen molar-refractivity contribution in [3.05, 3.63) is 53.3 Å². The Bertz CT molecular complexity index is 681. The lowest BCUT2D eigenvalue weighted by molar-refractivity contribution is 0.0960. The number of benzene rings is 1. The molecule has 0 radical (unpaired) electrons. The molecule has 0 spiro atoms. The summed E-state index contributed by atoms with van der Waals surface area (Å²) < 4.78 is 0. The second-order valence-electron chi connectivity index (χ2n) is 4.49. The van der Waals surface area contributed by atoms with Gasteiger partial charge >= 0.3 is 0 Å². The van der Waals surface area contributed by atoms with Crippen LogP contribution in [0, 0.1) is 6.92 Å². The van der Waals surface area contributed by atoms with E-state index in [2.05, 4.69) is 15.6 Å². The van der Waals surface area contributed by atoms with Crippen molar-refractivity contribution in [1.82, 2.24) is 10.3 Å². The number of aromatic nitrogens is 1. The Balaban J connectivity index is 2.25. The standard InChI is InChI=1S/C15H16N4O2/c1-9-11(14(20)17-2)4-3-5-12(9)19-15(21)13-7-6-10(16)8-18-13/h3-8H,16H2,1-2H3,(H,17,20)(H,19,21). The summed E-state index contributed by atoms with van der Waals surface area (Å²) in [5.74, 6) is -0.554. The number of rotatable bonds is 3. The number of carbonyl (C=O) groups is 2. The first-order valence-corrected chi connectivity index (χ1v) is 6.37. The van der Waals surface area contributed by atoms with E-state index < -0.39 is 0 Å². The zero-order chi connectivity index (χ0) is 15.4. The summed E-state index contributed by atoms with van der Waals surface area (Å²) >= 11 is 0. The highest BCUT2D eigenvalue weighted by Crippen LogP contribution is 2.19. The predicted molar refractivity (Wildman–Crippen MR) is 81.2 cm³/mol. The van der Waals surface area contributed by atoms with E-state index in [-0.39, 0.29) is 17.5 Å². The minimum Gasteiger partial charge on any atom is -0.397 e. The van der Waals surface area contributed by atoms with Crippen molar-refractivity contribution in [2.75, 3.05) is 18.1 Å². The lowest BCUT2D eigenvalue weighted by atomic mass is 10.1. The summed E-state index contributed by atoms with van der Waals surface area (Å²) in [5.41, 5.74) is 8.06. The highest BCUT2D eigenvalue weighted by atomic mass is 16.2. The van der Waals surface area contributed by atoms with Crippen LogP contribution in [0.15, 0.2) is 36.5 Å². The van der Waals surface area contributed by atoms with E-state index in [0.717, 1.165) is 0 Å². The summed E-state index contributed by atoms with van der Waals surface area (Å²) in [6.07, 6.45) is 1.42. The maximum Gasteiger partial charge on any atom is 0.274 e. The van der Waals surface area contributed by atoms with Crippen LogP contribution in [0.1, 0.15) is 26.4 Å². The number of carbonyl (C=O) groups excluding carboxylic acids is 2. The van der Waals surface area contributed by atoms with Crippen LogP contribution in [-0.2, 0) is 0 Å². The number of nitrogens with one attached hydrogen (secondary N) is 2. The molecule has 0 atom stereocenters. The first-order chi connectivity index (χ1) is 10.0. The minimum absolute atomic E-state index is 0.200. The van der Waals surface area contributed by atoms with Gasteiger partial charge in [-0.3, -0.25) is 9.59 Å². The van der Waals surface area contributed by atoms with Crippen LogP contribution in [0.25, 0.3) is 0 Å². The average molecular weight is 284 g/mol. The molecular formula is C15H16N4O2. The Morgan fingerprint density at radius 2 is 1.90 bits per heavy atom. The molecular weight excluding hydrogens is 268 g/mol. The summed E-state index contributed by atoms with van der Waals surface area (Å²) in [6.45, 7) is 1.77. The number of hydrogen-bond donors (Lipinski definition) is 3. The van der Waals surface area contributed by atoms with E-state index in [0.29, 0.717) is 22.5 Å². The Morgan fingerprint density at radius 3 is 2.52 bits per heavy atom. The van der Waals surface area contributed by atoms with Crippen LogP contribution in [0.2, 0.25) is 0 Å². The van der Waals surface area contributed by atoms with Gasteiger partial charge in [-0.25, -0.2) is 4.98 Å². The molecule has 2 rings (SSSR count). The zero-order valence-electron chi connectivity index (χ0n) is 11.8. The summed E-state index contributed by atoms with van der Waals surface area (Å²) in [6, 6.07) is 8.30. The number of hydrogen-bond acceptors (Lipinski definition) is 4. The van der Waals surface area contributed by atoms with Gasteiger partial charge in [-0.05, 0) is 36.8 Å². The van der Waals surface area contributed by atoms with Crippen molar-refractivity contribution in [3.8, 4) is 0 Å². The van der Waals surface area contributed by atoms with Gasteiger partial charge in [0, 0.05) is 18.3 Å². The molecule has 6 heteroatoms. The molecule has 2 aromatic rings. The molecule has 6 nitrogen and oxygen atoms in total. The molecule has 21 heavy (non-hydrogen) atoms. The van der Waals surface area contributed by atoms with Gasteiger partial charge in [0.15, 0.2) is 0 Å². The smallest absolute Gasteiger partial charge is 0.274 e. The van der Waals surface area contributed by atoms with Crippen LogP contribution in [-0.4, -0.2) is 23.8 Å². The van der Waals surface area contributed by atoms with Gasteiger partial charge in [-0.1, -0.05) is 6.07 Å². The fraction of sp³-hybridized carbons (Fsp3) is 0.133. The average Bonchev–Trinajstić information content (AvgIpc) is 2.49. The molecule has 0 fully saturated rings. The molecule has 1 aromatic heterocycles. The van der Waals surface area contributed by atoms with E-state index in [4.69, 9.17) is 5.73 Å². The molecule has 1 aromatic carbocycles. The van der Waals surface area contributed by atoms with Gasteiger partial charge < -0.3 is 16.4 Å². The van der Waals surface area contributed by atoms with E-state index in [1.807, 2.05) is 0 Å². The zero-order valence-corrected chi connectivity index (χ0v) is 11.8. The Morgan fingerprint density at radius 1 is 1.14 bits per heavy atom. The molecule has 0 aliphatic heterocycles. The van der Waals surface area contributed by atoms with E-state index in [1.165, 1.54) is 6.20 Å². The largest absolute Gasteiger partial charge is 0.397 e. The summed E-state index contributed by atoms with van der Waals surface area (Å²) in [4.78, 5) is 27.8. The normalized spacial score (nSPS) is 10.0. The molecule has 4 N–H and O–H groups in total. The third kappa shape index (κ3) is 3.17. The second-order valence-corrected chi connectivity index (χ2v) is 4.49. The number of amides is 2. The lowest BCUT2D eigenvalue weighted by Crippen LogP contribution is -2.20. The van der Waals surface area contributed by atoms with Crippen LogP contribution in [0.5, 0.6) is 0 Å². The van der Waals surface area contributed by atoms with Crippen LogP contribution >= 0.6 is 0 Å². The Labute approximate surface area is 122 Å². The summed E-state index contributed by atoms with van der Waals surface area (Å²) in [7, 11) is 1.56. The topological polar surface area (TPSA) is 97.1 Å². The SMILES string of the molecule is CNC(=O)c1cccc(NC(=O)c2ccc(N)cn2)c1C. The Hall–Kier alpha value is -2.89. The second kappa shape index (κ2) is 6.04. The number of nitrogens with two attached hydrogens (primary N) is 1. The lowest BCUT2D eigenvalue weighted by Gasteiger charge is -2.11. The maximum absolute atomic E-state index is 12.1. The fourth-order valence-electron chi connectivity index (χ4n) is 1.88. The third-order valence-corrected chi connectivity index (χ3v) is 3.07. The molecule has 108 valence electrons. The molecule has 0 saturated carbocycles. The number of pyridine rings is 1. The van der Waals surface area contributed by atoms with Crippen molar-refractivity contribution >= 4 is 23.2 Å².